The molecule has 188 valence electrons. The van der Waals surface area contributed by atoms with Crippen molar-refractivity contribution in [2.75, 3.05) is 29.4 Å². The van der Waals surface area contributed by atoms with Gasteiger partial charge in [-0.2, -0.15) is 0 Å². The lowest BCUT2D eigenvalue weighted by Crippen LogP contribution is -2.33. The van der Waals surface area contributed by atoms with Crippen molar-refractivity contribution in [3.63, 3.8) is 0 Å². The topological polar surface area (TPSA) is 98.8 Å². The molecule has 10 nitrogen and oxygen atoms in total. The Morgan fingerprint density at radius 2 is 1.61 bits per heavy atom. The predicted molar refractivity (Wildman–Crippen MR) is 130 cm³/mol. The lowest BCUT2D eigenvalue weighted by molar-refractivity contribution is -0.117. The number of Topliss-reactive ketones (excluding diaryl/α,β-unsaturated/α-hetero) is 1. The lowest BCUT2D eigenvalue weighted by Gasteiger charge is -2.23. The zero-order valence-corrected chi connectivity index (χ0v) is 19.8. The summed E-state index contributed by atoms with van der Waals surface area (Å²) in [6, 6.07) is 13.3. The van der Waals surface area contributed by atoms with Crippen LogP contribution < -0.4 is 21.2 Å². The van der Waals surface area contributed by atoms with E-state index < -0.39 is 29.4 Å². The van der Waals surface area contributed by atoms with Crippen LogP contribution in [-0.4, -0.2) is 51.5 Å². The first-order valence-corrected chi connectivity index (χ1v) is 11.8. The summed E-state index contributed by atoms with van der Waals surface area (Å²) in [6.45, 7) is 2.82. The summed E-state index contributed by atoms with van der Waals surface area (Å²) in [5, 5.41) is 0. The third-order valence-electron chi connectivity index (χ3n) is 6.57. The SMILES string of the molecule is CC(=O)CC[C@H]1CN(c2ccc(N3CCn4c(=O)n(-c5ccccc5)c(=O)n4CC3)c(F)c2)C(=O)O1. The summed E-state index contributed by atoms with van der Waals surface area (Å²) in [4.78, 5) is 52.6. The summed E-state index contributed by atoms with van der Waals surface area (Å²) in [6.07, 6.45) is -0.240. The Hall–Kier alpha value is -4.15. The number of nitrogens with zero attached hydrogens (tertiary/aromatic N) is 5. The second-order valence-electron chi connectivity index (χ2n) is 8.96. The maximum absolute atomic E-state index is 15.2. The molecule has 0 N–H and O–H groups in total. The molecular weight excluding hydrogens is 469 g/mol. The van der Waals surface area contributed by atoms with Crippen LogP contribution in [0.25, 0.3) is 5.69 Å². The van der Waals surface area contributed by atoms with Gasteiger partial charge < -0.3 is 14.4 Å². The molecule has 0 radical (unpaired) electrons. The zero-order chi connectivity index (χ0) is 25.4. The Labute approximate surface area is 205 Å². The Morgan fingerprint density at radius 3 is 2.22 bits per heavy atom. The largest absolute Gasteiger partial charge is 0.444 e. The first-order valence-electron chi connectivity index (χ1n) is 11.8. The zero-order valence-electron chi connectivity index (χ0n) is 19.8. The van der Waals surface area contributed by atoms with Crippen LogP contribution in [-0.2, 0) is 22.6 Å². The number of ether oxygens (including phenoxy) is 1. The number of cyclic esters (lactones) is 1. The van der Waals surface area contributed by atoms with Crippen molar-refractivity contribution in [1.82, 2.24) is 13.9 Å². The molecule has 0 spiro atoms. The van der Waals surface area contributed by atoms with Crippen molar-refractivity contribution in [3.8, 4) is 5.69 Å². The smallest absolute Gasteiger partial charge is 0.414 e. The van der Waals surface area contributed by atoms with Gasteiger partial charge in [-0.3, -0.25) is 4.90 Å². The van der Waals surface area contributed by atoms with Crippen LogP contribution in [0.2, 0.25) is 0 Å². The number of para-hydroxylation sites is 1. The highest BCUT2D eigenvalue weighted by Gasteiger charge is 2.33. The molecule has 0 unspecified atom stereocenters. The molecule has 3 aromatic rings. The highest BCUT2D eigenvalue weighted by molar-refractivity contribution is 5.90. The normalized spacial score (nSPS) is 17.6. The second kappa shape index (κ2) is 9.48. The maximum Gasteiger partial charge on any atom is 0.414 e. The van der Waals surface area contributed by atoms with Crippen LogP contribution in [0.4, 0.5) is 20.6 Å². The van der Waals surface area contributed by atoms with Gasteiger partial charge in [-0.15, -0.1) is 0 Å². The van der Waals surface area contributed by atoms with Crippen molar-refractivity contribution in [1.29, 1.82) is 0 Å². The van der Waals surface area contributed by atoms with Gasteiger partial charge in [0.25, 0.3) is 0 Å². The first-order chi connectivity index (χ1) is 17.3. The fourth-order valence-corrected chi connectivity index (χ4v) is 4.70. The van der Waals surface area contributed by atoms with E-state index in [1.807, 2.05) is 6.07 Å². The molecule has 2 aliphatic heterocycles. The van der Waals surface area contributed by atoms with Gasteiger partial charge in [0.05, 0.1) is 36.7 Å². The van der Waals surface area contributed by atoms with Gasteiger partial charge in [0, 0.05) is 19.5 Å². The number of hydrogen-bond donors (Lipinski definition) is 0. The van der Waals surface area contributed by atoms with Crippen molar-refractivity contribution in [2.45, 2.75) is 39.0 Å². The molecule has 2 aromatic carbocycles. The van der Waals surface area contributed by atoms with Crippen molar-refractivity contribution < 1.29 is 18.7 Å². The summed E-state index contributed by atoms with van der Waals surface area (Å²) in [5.41, 5.74) is 0.325. The van der Waals surface area contributed by atoms with Crippen LogP contribution in [0.3, 0.4) is 0 Å². The quantitative estimate of drug-likeness (QED) is 0.520. The number of carbonyl (C=O) groups excluding carboxylic acids is 2. The molecule has 1 aromatic heterocycles. The molecule has 0 saturated carbocycles. The van der Waals surface area contributed by atoms with Gasteiger partial charge >= 0.3 is 17.5 Å². The molecule has 1 fully saturated rings. The van der Waals surface area contributed by atoms with E-state index in [9.17, 15) is 19.2 Å². The van der Waals surface area contributed by atoms with E-state index in [1.54, 1.807) is 41.3 Å². The van der Waals surface area contributed by atoms with Crippen molar-refractivity contribution in [2.24, 2.45) is 0 Å². The monoisotopic (exact) mass is 495 g/mol. The molecule has 5 rings (SSSR count). The maximum atomic E-state index is 15.2. The van der Waals surface area contributed by atoms with E-state index >= 15 is 4.39 Å². The minimum Gasteiger partial charge on any atom is -0.444 e. The number of halogens is 1. The molecule has 2 aliphatic rings. The number of aromatic nitrogens is 3. The third kappa shape index (κ3) is 4.32. The highest BCUT2D eigenvalue weighted by Crippen LogP contribution is 2.29. The number of anilines is 2. The molecular formula is C25H26FN5O5. The highest BCUT2D eigenvalue weighted by atomic mass is 19.1. The molecule has 0 aliphatic carbocycles. The minimum atomic E-state index is -0.570. The van der Waals surface area contributed by atoms with E-state index in [0.717, 1.165) is 4.57 Å². The van der Waals surface area contributed by atoms with Crippen LogP contribution in [0.15, 0.2) is 58.1 Å². The van der Waals surface area contributed by atoms with E-state index in [-0.39, 0.29) is 25.4 Å². The van der Waals surface area contributed by atoms with Crippen LogP contribution in [0.5, 0.6) is 0 Å². The number of amides is 1. The van der Waals surface area contributed by atoms with E-state index in [4.69, 9.17) is 4.74 Å². The van der Waals surface area contributed by atoms with Gasteiger partial charge in [-0.25, -0.2) is 32.7 Å². The fourth-order valence-electron chi connectivity index (χ4n) is 4.70. The third-order valence-corrected chi connectivity index (χ3v) is 6.57. The standard InChI is InChI=1S/C25H26FN5O5/c1-17(32)7-9-20-16-28(25(35)36-20)19-8-10-22(21(26)15-19)27-11-13-29-23(33)31(18-5-3-2-4-6-18)24(34)30(29)14-12-27/h2-6,8,10,15,20H,7,9,11-14,16H2,1H3/t20-/m0/s1. The number of hydrogen-bond acceptors (Lipinski definition) is 6. The van der Waals surface area contributed by atoms with Crippen molar-refractivity contribution in [3.05, 3.63) is 75.3 Å². The molecule has 3 heterocycles. The first kappa shape index (κ1) is 23.6. The average Bonchev–Trinajstić information content (AvgIpc) is 3.23. The summed E-state index contributed by atoms with van der Waals surface area (Å²) < 4.78 is 24.4. The Kier molecular flexibility index (Phi) is 6.21. The lowest BCUT2D eigenvalue weighted by atomic mass is 10.1. The average molecular weight is 496 g/mol. The van der Waals surface area contributed by atoms with Gasteiger partial charge in [-0.05, 0) is 43.7 Å². The number of fused-ring (bicyclic) bond motifs is 1. The summed E-state index contributed by atoms with van der Waals surface area (Å²) >= 11 is 0. The summed E-state index contributed by atoms with van der Waals surface area (Å²) in [7, 11) is 0. The van der Waals surface area contributed by atoms with Gasteiger partial charge in [0.15, 0.2) is 0 Å². The van der Waals surface area contributed by atoms with E-state index in [2.05, 4.69) is 0 Å². The molecule has 1 amide bonds. The molecule has 0 bridgehead atoms. The molecule has 1 atom stereocenters. The van der Waals surface area contributed by atoms with Gasteiger partial charge in [0.2, 0.25) is 0 Å². The molecule has 11 heteroatoms. The van der Waals surface area contributed by atoms with E-state index in [1.165, 1.54) is 27.3 Å². The Bertz CT molecular complexity index is 1390. The number of benzene rings is 2. The van der Waals surface area contributed by atoms with Crippen molar-refractivity contribution >= 4 is 23.3 Å². The van der Waals surface area contributed by atoms with Gasteiger partial charge in [0.1, 0.15) is 17.7 Å². The number of rotatable bonds is 6. The molecule has 1 saturated heterocycles. The predicted octanol–water partition coefficient (Wildman–Crippen LogP) is 2.15. The van der Waals surface area contributed by atoms with Crippen LogP contribution in [0.1, 0.15) is 19.8 Å². The van der Waals surface area contributed by atoms with Gasteiger partial charge in [-0.1, -0.05) is 18.2 Å². The molecule has 36 heavy (non-hydrogen) atoms. The second-order valence-corrected chi connectivity index (χ2v) is 8.96. The van der Waals surface area contributed by atoms with E-state index in [0.29, 0.717) is 43.0 Å². The Morgan fingerprint density at radius 1 is 0.944 bits per heavy atom. The summed E-state index contributed by atoms with van der Waals surface area (Å²) in [5.74, 6) is -0.501. The van der Waals surface area contributed by atoms with Crippen LogP contribution >= 0.6 is 0 Å². The Balaban J connectivity index is 1.32. The number of ketones is 1. The fraction of sp³-hybridized carbons (Fsp3) is 0.360. The number of carbonyl (C=O) groups is 2. The van der Waals surface area contributed by atoms with Crippen LogP contribution in [0, 0.1) is 5.82 Å². The minimum absolute atomic E-state index is 0.0188.